The summed E-state index contributed by atoms with van der Waals surface area (Å²) in [6, 6.07) is 22.2. The lowest BCUT2D eigenvalue weighted by Crippen LogP contribution is -2.12. The SMILES string of the molecule is Cc1ccc(C(=O)c2cnc3ccccc3c2S(=O)(=O)c2ccccc2)cc1. The minimum Gasteiger partial charge on any atom is -0.289 e. The van der Waals surface area contributed by atoms with Crippen molar-refractivity contribution in [1.82, 2.24) is 4.98 Å². The molecular weight excluding hydrogens is 370 g/mol. The van der Waals surface area contributed by atoms with Crippen LogP contribution in [0.5, 0.6) is 0 Å². The lowest BCUT2D eigenvalue weighted by molar-refractivity contribution is 0.103. The first-order valence-electron chi connectivity index (χ1n) is 8.78. The number of carbonyl (C=O) groups is 1. The quantitative estimate of drug-likeness (QED) is 0.480. The lowest BCUT2D eigenvalue weighted by Gasteiger charge is -2.13. The van der Waals surface area contributed by atoms with Gasteiger partial charge >= 0.3 is 0 Å². The van der Waals surface area contributed by atoms with Gasteiger partial charge in [-0.1, -0.05) is 66.2 Å². The normalized spacial score (nSPS) is 11.5. The summed E-state index contributed by atoms with van der Waals surface area (Å²) in [5, 5.41) is 0.435. The second-order valence-corrected chi connectivity index (χ2v) is 8.42. The van der Waals surface area contributed by atoms with Crippen molar-refractivity contribution in [3.63, 3.8) is 0 Å². The summed E-state index contributed by atoms with van der Waals surface area (Å²) in [6.07, 6.45) is 1.36. The second kappa shape index (κ2) is 7.02. The van der Waals surface area contributed by atoms with Crippen molar-refractivity contribution in [2.45, 2.75) is 16.7 Å². The minimum absolute atomic E-state index is 0.00475. The molecule has 5 heteroatoms. The van der Waals surface area contributed by atoms with Gasteiger partial charge in [-0.3, -0.25) is 9.78 Å². The Kier molecular flexibility index (Phi) is 4.53. The van der Waals surface area contributed by atoms with Crippen molar-refractivity contribution in [3.8, 4) is 0 Å². The lowest BCUT2D eigenvalue weighted by atomic mass is 10.0. The Morgan fingerprint density at radius 2 is 1.46 bits per heavy atom. The standard InChI is InChI=1S/C23H17NO3S/c1-16-11-13-17(14-12-16)22(25)20-15-24-21-10-6-5-9-19(21)23(20)28(26,27)18-7-3-2-4-8-18/h2-15H,1H3. The Balaban J connectivity index is 2.02. The molecule has 0 radical (unpaired) electrons. The van der Waals surface area contributed by atoms with E-state index in [1.807, 2.05) is 19.1 Å². The fourth-order valence-corrected chi connectivity index (χ4v) is 4.79. The summed E-state index contributed by atoms with van der Waals surface area (Å²) in [4.78, 5) is 17.7. The van der Waals surface area contributed by atoms with Crippen LogP contribution >= 0.6 is 0 Å². The first-order valence-corrected chi connectivity index (χ1v) is 10.3. The minimum atomic E-state index is -3.92. The summed E-state index contributed by atoms with van der Waals surface area (Å²) < 4.78 is 27.0. The highest BCUT2D eigenvalue weighted by Crippen LogP contribution is 2.31. The molecule has 0 atom stereocenters. The summed E-state index contributed by atoms with van der Waals surface area (Å²) in [7, 11) is -3.92. The van der Waals surface area contributed by atoms with Crippen LogP contribution in [0.15, 0.2) is 94.9 Å². The average molecular weight is 387 g/mol. The number of para-hydroxylation sites is 1. The number of sulfone groups is 1. The molecule has 0 saturated carbocycles. The van der Waals surface area contributed by atoms with Gasteiger partial charge in [-0.25, -0.2) is 8.42 Å². The van der Waals surface area contributed by atoms with Gasteiger partial charge in [0.1, 0.15) is 0 Å². The van der Waals surface area contributed by atoms with Crippen LogP contribution in [0.4, 0.5) is 0 Å². The third-order valence-corrected chi connectivity index (χ3v) is 6.48. The molecule has 1 aromatic heterocycles. The van der Waals surface area contributed by atoms with Gasteiger partial charge in [0.15, 0.2) is 5.78 Å². The first-order chi connectivity index (χ1) is 13.5. The van der Waals surface area contributed by atoms with Crippen LogP contribution < -0.4 is 0 Å². The van der Waals surface area contributed by atoms with Crippen LogP contribution in [-0.4, -0.2) is 19.2 Å². The van der Waals surface area contributed by atoms with E-state index in [-0.39, 0.29) is 21.1 Å². The molecule has 138 valence electrons. The van der Waals surface area contributed by atoms with E-state index >= 15 is 0 Å². The predicted molar refractivity (Wildman–Crippen MR) is 108 cm³/mol. The number of carbonyl (C=O) groups excluding carboxylic acids is 1. The van der Waals surface area contributed by atoms with E-state index in [1.54, 1.807) is 54.6 Å². The molecule has 0 spiro atoms. The van der Waals surface area contributed by atoms with Crippen LogP contribution in [-0.2, 0) is 9.84 Å². The zero-order valence-electron chi connectivity index (χ0n) is 15.2. The van der Waals surface area contributed by atoms with E-state index in [0.29, 0.717) is 16.5 Å². The average Bonchev–Trinajstić information content (AvgIpc) is 2.73. The Hall–Kier alpha value is -3.31. The Morgan fingerprint density at radius 3 is 2.18 bits per heavy atom. The number of hydrogen-bond donors (Lipinski definition) is 0. The fourth-order valence-electron chi connectivity index (χ4n) is 3.15. The van der Waals surface area contributed by atoms with E-state index in [1.165, 1.54) is 18.3 Å². The van der Waals surface area contributed by atoms with E-state index in [2.05, 4.69) is 4.98 Å². The van der Waals surface area contributed by atoms with Crippen molar-refractivity contribution in [1.29, 1.82) is 0 Å². The Bertz CT molecular complexity index is 1280. The number of nitrogens with zero attached hydrogens (tertiary/aromatic N) is 1. The highest BCUT2D eigenvalue weighted by Gasteiger charge is 2.28. The number of aromatic nitrogens is 1. The zero-order chi connectivity index (χ0) is 19.7. The predicted octanol–water partition coefficient (Wildman–Crippen LogP) is 4.61. The van der Waals surface area contributed by atoms with Crippen molar-refractivity contribution in [3.05, 3.63) is 102 Å². The molecule has 0 aliphatic heterocycles. The molecular formula is C23H17NO3S. The number of ketones is 1. The smallest absolute Gasteiger partial charge is 0.208 e. The van der Waals surface area contributed by atoms with E-state index < -0.39 is 9.84 Å². The van der Waals surface area contributed by atoms with Crippen LogP contribution in [0.25, 0.3) is 10.9 Å². The van der Waals surface area contributed by atoms with Crippen molar-refractivity contribution < 1.29 is 13.2 Å². The molecule has 0 bridgehead atoms. The van der Waals surface area contributed by atoms with Crippen LogP contribution in [0, 0.1) is 6.92 Å². The summed E-state index contributed by atoms with van der Waals surface area (Å²) in [6.45, 7) is 1.93. The molecule has 4 aromatic rings. The number of rotatable bonds is 4. The molecule has 28 heavy (non-hydrogen) atoms. The van der Waals surface area contributed by atoms with Crippen LogP contribution in [0.2, 0.25) is 0 Å². The molecule has 0 N–H and O–H groups in total. The molecule has 0 fully saturated rings. The van der Waals surface area contributed by atoms with Gasteiger partial charge in [-0.05, 0) is 25.1 Å². The number of hydrogen-bond acceptors (Lipinski definition) is 4. The van der Waals surface area contributed by atoms with E-state index in [9.17, 15) is 13.2 Å². The highest BCUT2D eigenvalue weighted by atomic mass is 32.2. The third kappa shape index (κ3) is 3.10. The molecule has 4 rings (SSSR count). The number of benzene rings is 3. The number of fused-ring (bicyclic) bond motifs is 1. The van der Waals surface area contributed by atoms with Gasteiger partial charge in [-0.15, -0.1) is 0 Å². The van der Waals surface area contributed by atoms with Gasteiger partial charge in [0, 0.05) is 17.1 Å². The fraction of sp³-hybridized carbons (Fsp3) is 0.0435. The number of aryl methyl sites for hydroxylation is 1. The summed E-state index contributed by atoms with van der Waals surface area (Å²) in [5.41, 5.74) is 2.04. The molecule has 0 unspecified atom stereocenters. The first kappa shape index (κ1) is 18.1. The van der Waals surface area contributed by atoms with Crippen molar-refractivity contribution in [2.75, 3.05) is 0 Å². The highest BCUT2D eigenvalue weighted by molar-refractivity contribution is 7.91. The zero-order valence-corrected chi connectivity index (χ0v) is 16.0. The van der Waals surface area contributed by atoms with Gasteiger partial charge in [-0.2, -0.15) is 0 Å². The van der Waals surface area contributed by atoms with Crippen LogP contribution in [0.3, 0.4) is 0 Å². The van der Waals surface area contributed by atoms with Gasteiger partial charge < -0.3 is 0 Å². The van der Waals surface area contributed by atoms with Gasteiger partial charge in [0.05, 0.1) is 20.9 Å². The summed E-state index contributed by atoms with van der Waals surface area (Å²) >= 11 is 0. The topological polar surface area (TPSA) is 64.1 Å². The van der Waals surface area contributed by atoms with Crippen LogP contribution in [0.1, 0.15) is 21.5 Å². The van der Waals surface area contributed by atoms with Crippen molar-refractivity contribution in [2.24, 2.45) is 0 Å². The van der Waals surface area contributed by atoms with E-state index in [4.69, 9.17) is 0 Å². The molecule has 0 aliphatic rings. The number of pyridine rings is 1. The van der Waals surface area contributed by atoms with Crippen molar-refractivity contribution >= 4 is 26.5 Å². The summed E-state index contributed by atoms with van der Waals surface area (Å²) in [5.74, 6) is -0.368. The second-order valence-electron chi connectivity index (χ2n) is 6.53. The monoisotopic (exact) mass is 387 g/mol. The molecule has 3 aromatic carbocycles. The largest absolute Gasteiger partial charge is 0.289 e. The Morgan fingerprint density at radius 1 is 0.821 bits per heavy atom. The molecule has 4 nitrogen and oxygen atoms in total. The van der Waals surface area contributed by atoms with Gasteiger partial charge in [0.2, 0.25) is 9.84 Å². The molecule has 1 heterocycles. The molecule has 0 aliphatic carbocycles. The van der Waals surface area contributed by atoms with E-state index in [0.717, 1.165) is 5.56 Å². The maximum atomic E-state index is 13.5. The Labute approximate surface area is 163 Å². The molecule has 0 amide bonds. The maximum absolute atomic E-state index is 13.5. The molecule has 0 saturated heterocycles. The third-order valence-electron chi connectivity index (χ3n) is 4.61. The van der Waals surface area contributed by atoms with Gasteiger partial charge in [0.25, 0.3) is 0 Å². The maximum Gasteiger partial charge on any atom is 0.208 e.